The molecule has 1 aliphatic carbocycles. The number of hydrogen-bond donors (Lipinski definition) is 4. The molecule has 0 fully saturated rings. The zero-order chi connectivity index (χ0) is 25.2. The summed E-state index contributed by atoms with van der Waals surface area (Å²) in [5.41, 5.74) is 13.1. The lowest BCUT2D eigenvalue weighted by Crippen LogP contribution is -2.39. The molecule has 1 aromatic heterocycles. The van der Waals surface area contributed by atoms with Gasteiger partial charge in [-0.05, 0) is 49.1 Å². The van der Waals surface area contributed by atoms with E-state index in [2.05, 4.69) is 20.4 Å². The van der Waals surface area contributed by atoms with Crippen molar-refractivity contribution in [2.45, 2.75) is 58.7 Å². The van der Waals surface area contributed by atoms with Crippen molar-refractivity contribution < 1.29 is 22.7 Å². The molecule has 7 nitrogen and oxygen atoms in total. The van der Waals surface area contributed by atoms with Gasteiger partial charge >= 0.3 is 6.61 Å². The molecule has 0 aliphatic heterocycles. The molecule has 1 aromatic carbocycles. The van der Waals surface area contributed by atoms with Crippen LogP contribution in [0.2, 0.25) is 0 Å². The number of nitrogens with one attached hydrogen (secondary N) is 2. The molecule has 0 spiro atoms. The molecule has 1 unspecified atom stereocenters. The maximum absolute atomic E-state index is 14.8. The first-order valence-corrected chi connectivity index (χ1v) is 11.1. The molecule has 2 aromatic rings. The van der Waals surface area contributed by atoms with Gasteiger partial charge in [0.05, 0.1) is 5.56 Å². The monoisotopic (exact) mass is 477 g/mol. The third-order valence-corrected chi connectivity index (χ3v) is 5.61. The van der Waals surface area contributed by atoms with Crippen molar-refractivity contribution in [2.24, 2.45) is 17.4 Å². The number of benzene rings is 1. The minimum atomic E-state index is -2.96. The van der Waals surface area contributed by atoms with Gasteiger partial charge in [0.1, 0.15) is 11.6 Å². The molecule has 6 N–H and O–H groups in total. The van der Waals surface area contributed by atoms with Crippen molar-refractivity contribution >= 4 is 29.0 Å². The molecule has 0 saturated heterocycles. The zero-order valence-electron chi connectivity index (χ0n) is 19.5. The van der Waals surface area contributed by atoms with Crippen molar-refractivity contribution in [2.75, 3.05) is 10.6 Å². The Morgan fingerprint density at radius 1 is 1.21 bits per heavy atom. The van der Waals surface area contributed by atoms with E-state index in [1.165, 1.54) is 0 Å². The van der Waals surface area contributed by atoms with Crippen LogP contribution in [-0.2, 0) is 4.74 Å². The molecule has 0 radical (unpaired) electrons. The number of halogens is 3. The van der Waals surface area contributed by atoms with Gasteiger partial charge in [-0.1, -0.05) is 26.8 Å². The highest BCUT2D eigenvalue weighted by molar-refractivity contribution is 5.98. The van der Waals surface area contributed by atoms with Gasteiger partial charge in [-0.15, -0.1) is 0 Å². The lowest BCUT2D eigenvalue weighted by molar-refractivity contribution is -0.0709. The maximum Gasteiger partial charge on any atom is 0.387 e. The molecule has 1 amide bonds. The topological polar surface area (TPSA) is 115 Å². The smallest absolute Gasteiger partial charge is 0.387 e. The van der Waals surface area contributed by atoms with E-state index >= 15 is 0 Å². The molecular formula is C24H30F3N5O2. The molecule has 1 heterocycles. The standard InChI is InChI=1S/C24H30F3N5O2/c1-11(2)7-19(13(4)28)31-23-18(25)10-17(21(29)33)22(32-23)30-14-5-6-15-12(3)8-20(16(15)9-14)34-24(26)27/h5-6,8-13,19,24H,7,28H2,1-4H3,(H2,29,33)(H2,30,31,32)/t12?,13-,19+/m0/s1. The number of anilines is 3. The van der Waals surface area contributed by atoms with Crippen molar-refractivity contribution in [3.8, 4) is 0 Å². The number of carbonyl (C=O) groups is 1. The Morgan fingerprint density at radius 3 is 2.50 bits per heavy atom. The number of nitrogens with two attached hydrogens (primary N) is 2. The van der Waals surface area contributed by atoms with Crippen LogP contribution < -0.4 is 22.1 Å². The Kier molecular flexibility index (Phi) is 7.71. The number of carbonyl (C=O) groups excluding carboxylic acids is 1. The minimum absolute atomic E-state index is 0.0238. The Hall–Kier alpha value is -3.27. The molecule has 3 rings (SSSR count). The normalized spacial score (nSPS) is 16.8. The van der Waals surface area contributed by atoms with Crippen LogP contribution in [0.1, 0.15) is 61.5 Å². The quantitative estimate of drug-likeness (QED) is 0.386. The second kappa shape index (κ2) is 10.3. The molecule has 0 saturated carbocycles. The Bertz CT molecular complexity index is 1090. The lowest BCUT2D eigenvalue weighted by Gasteiger charge is -2.25. The van der Waals surface area contributed by atoms with Crippen LogP contribution in [0.4, 0.5) is 30.5 Å². The Balaban J connectivity index is 1.96. The van der Waals surface area contributed by atoms with Crippen molar-refractivity contribution in [3.63, 3.8) is 0 Å². The summed E-state index contributed by atoms with van der Waals surface area (Å²) in [5.74, 6) is -1.40. The first kappa shape index (κ1) is 25.4. The van der Waals surface area contributed by atoms with Gasteiger partial charge in [-0.2, -0.15) is 8.78 Å². The van der Waals surface area contributed by atoms with Crippen LogP contribution in [0.3, 0.4) is 0 Å². The summed E-state index contributed by atoms with van der Waals surface area (Å²) in [6.45, 7) is 4.77. The highest BCUT2D eigenvalue weighted by atomic mass is 19.3. The van der Waals surface area contributed by atoms with E-state index < -0.39 is 18.3 Å². The third kappa shape index (κ3) is 5.80. The first-order valence-electron chi connectivity index (χ1n) is 11.1. The summed E-state index contributed by atoms with van der Waals surface area (Å²) in [6, 6.07) is 5.56. The maximum atomic E-state index is 14.8. The van der Waals surface area contributed by atoms with Crippen LogP contribution in [0.5, 0.6) is 0 Å². The van der Waals surface area contributed by atoms with Gasteiger partial charge < -0.3 is 26.8 Å². The van der Waals surface area contributed by atoms with E-state index in [9.17, 15) is 18.0 Å². The van der Waals surface area contributed by atoms with E-state index in [0.29, 0.717) is 23.6 Å². The largest absolute Gasteiger partial charge is 0.435 e. The number of ether oxygens (including phenoxy) is 1. The fourth-order valence-electron chi connectivity index (χ4n) is 3.95. The van der Waals surface area contributed by atoms with Crippen molar-refractivity contribution in [1.29, 1.82) is 0 Å². The van der Waals surface area contributed by atoms with Crippen LogP contribution >= 0.6 is 0 Å². The predicted octanol–water partition coefficient (Wildman–Crippen LogP) is 4.93. The number of rotatable bonds is 10. The van der Waals surface area contributed by atoms with Gasteiger partial charge in [-0.3, -0.25) is 4.79 Å². The van der Waals surface area contributed by atoms with Gasteiger partial charge in [0.15, 0.2) is 11.6 Å². The second-order valence-corrected chi connectivity index (χ2v) is 8.94. The number of allylic oxidation sites excluding steroid dienone is 1. The number of alkyl halides is 2. The van der Waals surface area contributed by atoms with E-state index in [0.717, 1.165) is 11.6 Å². The lowest BCUT2D eigenvalue weighted by atomic mass is 9.99. The van der Waals surface area contributed by atoms with E-state index in [1.54, 1.807) is 24.3 Å². The third-order valence-electron chi connectivity index (χ3n) is 5.61. The fourth-order valence-corrected chi connectivity index (χ4v) is 3.95. The molecule has 184 valence electrons. The van der Waals surface area contributed by atoms with E-state index in [1.807, 2.05) is 27.7 Å². The highest BCUT2D eigenvalue weighted by Gasteiger charge is 2.25. The molecule has 3 atom stereocenters. The predicted molar refractivity (Wildman–Crippen MR) is 126 cm³/mol. The summed E-state index contributed by atoms with van der Waals surface area (Å²) in [6.07, 6.45) is 2.29. The van der Waals surface area contributed by atoms with Gasteiger partial charge in [0, 0.05) is 29.3 Å². The van der Waals surface area contributed by atoms with Gasteiger partial charge in [0.2, 0.25) is 0 Å². The number of fused-ring (bicyclic) bond motifs is 1. The summed E-state index contributed by atoms with van der Waals surface area (Å²) in [4.78, 5) is 16.3. The molecule has 0 bridgehead atoms. The van der Waals surface area contributed by atoms with Crippen LogP contribution in [-0.4, -0.2) is 29.6 Å². The number of nitrogens with zero attached hydrogens (tertiary/aromatic N) is 1. The number of hydrogen-bond acceptors (Lipinski definition) is 6. The van der Waals surface area contributed by atoms with Crippen LogP contribution in [0.25, 0.3) is 5.76 Å². The van der Waals surface area contributed by atoms with Gasteiger partial charge in [-0.25, -0.2) is 9.37 Å². The average Bonchev–Trinajstić information content (AvgIpc) is 3.03. The fraction of sp³-hybridized carbons (Fsp3) is 0.417. The molecule has 34 heavy (non-hydrogen) atoms. The summed E-state index contributed by atoms with van der Waals surface area (Å²) >= 11 is 0. The van der Waals surface area contributed by atoms with Gasteiger partial charge in [0.25, 0.3) is 5.91 Å². The molecule has 1 aliphatic rings. The molecule has 10 heteroatoms. The number of aromatic nitrogens is 1. The summed E-state index contributed by atoms with van der Waals surface area (Å²) < 4.78 is 45.1. The summed E-state index contributed by atoms with van der Waals surface area (Å²) in [5, 5.41) is 5.99. The number of primary amides is 1. The van der Waals surface area contributed by atoms with Crippen LogP contribution in [0, 0.1) is 11.7 Å². The first-order chi connectivity index (χ1) is 16.0. The Labute approximate surface area is 196 Å². The van der Waals surface area contributed by atoms with E-state index in [4.69, 9.17) is 11.5 Å². The summed E-state index contributed by atoms with van der Waals surface area (Å²) in [7, 11) is 0. The van der Waals surface area contributed by atoms with Crippen molar-refractivity contribution in [3.05, 3.63) is 52.8 Å². The second-order valence-electron chi connectivity index (χ2n) is 8.94. The number of pyridine rings is 1. The van der Waals surface area contributed by atoms with Crippen LogP contribution in [0.15, 0.2) is 30.3 Å². The Morgan fingerprint density at radius 2 is 1.91 bits per heavy atom. The minimum Gasteiger partial charge on any atom is -0.435 e. The molecular weight excluding hydrogens is 447 g/mol. The average molecular weight is 478 g/mol. The number of amides is 1. The highest BCUT2D eigenvalue weighted by Crippen LogP contribution is 2.39. The van der Waals surface area contributed by atoms with Crippen molar-refractivity contribution in [1.82, 2.24) is 4.98 Å². The SMILES string of the molecule is CC(C)C[C@@H](Nc1nc(Nc2ccc3c(c2)C(OC(F)F)=CC3C)c(C(N)=O)cc1F)[C@H](C)N. The van der Waals surface area contributed by atoms with E-state index in [-0.39, 0.29) is 41.0 Å². The zero-order valence-corrected chi connectivity index (χ0v) is 19.5.